The van der Waals surface area contributed by atoms with E-state index in [1.807, 2.05) is 0 Å². The van der Waals surface area contributed by atoms with Gasteiger partial charge in [0, 0.05) is 19.3 Å². The first kappa shape index (κ1) is 12.4. The van der Waals surface area contributed by atoms with E-state index in [-0.39, 0.29) is 0 Å². The van der Waals surface area contributed by atoms with Gasteiger partial charge in [-0.05, 0) is 44.1 Å². The summed E-state index contributed by atoms with van der Waals surface area (Å²) < 4.78 is 5.65. The maximum Gasteiger partial charge on any atom is 0.0496 e. The van der Waals surface area contributed by atoms with Gasteiger partial charge >= 0.3 is 0 Å². The smallest absolute Gasteiger partial charge is 0.0496 e. The molecule has 1 aliphatic carbocycles. The number of hydrogen-bond acceptors (Lipinski definition) is 2. The third kappa shape index (κ3) is 3.46. The first-order valence-electron chi connectivity index (χ1n) is 7.21. The third-order valence-electron chi connectivity index (χ3n) is 4.32. The molecule has 16 heavy (non-hydrogen) atoms. The van der Waals surface area contributed by atoms with Crippen molar-refractivity contribution in [2.75, 3.05) is 19.8 Å². The Labute approximate surface area is 100 Å². The number of ether oxygens (including phenoxy) is 1. The molecule has 0 bridgehead atoms. The van der Waals surface area contributed by atoms with Gasteiger partial charge in [-0.25, -0.2) is 0 Å². The van der Waals surface area contributed by atoms with Crippen LogP contribution in [0.4, 0.5) is 0 Å². The molecule has 0 spiro atoms. The lowest BCUT2D eigenvalue weighted by Gasteiger charge is -2.31. The van der Waals surface area contributed by atoms with E-state index in [4.69, 9.17) is 4.74 Å². The summed E-state index contributed by atoms with van der Waals surface area (Å²) in [5, 5.41) is 3.65. The Bertz CT molecular complexity index is 189. The largest absolute Gasteiger partial charge is 0.381 e. The SMILES string of the molecule is CCNC1CCCCC(C2CCCOC2)C1. The van der Waals surface area contributed by atoms with Crippen molar-refractivity contribution in [2.45, 2.75) is 57.9 Å². The van der Waals surface area contributed by atoms with Crippen LogP contribution in [0.25, 0.3) is 0 Å². The highest BCUT2D eigenvalue weighted by Gasteiger charge is 2.28. The Hall–Kier alpha value is -0.0800. The number of nitrogens with one attached hydrogen (secondary N) is 1. The zero-order valence-corrected chi connectivity index (χ0v) is 10.7. The summed E-state index contributed by atoms with van der Waals surface area (Å²) in [5.74, 6) is 1.78. The van der Waals surface area contributed by atoms with E-state index in [0.717, 1.165) is 37.6 Å². The second-order valence-electron chi connectivity index (χ2n) is 5.51. The van der Waals surface area contributed by atoms with Crippen LogP contribution in [-0.4, -0.2) is 25.8 Å². The number of hydrogen-bond donors (Lipinski definition) is 1. The Balaban J connectivity index is 1.86. The van der Waals surface area contributed by atoms with Crippen LogP contribution >= 0.6 is 0 Å². The maximum atomic E-state index is 5.65. The second-order valence-corrected chi connectivity index (χ2v) is 5.51. The highest BCUT2D eigenvalue weighted by Crippen LogP contribution is 2.33. The van der Waals surface area contributed by atoms with Gasteiger partial charge in [-0.15, -0.1) is 0 Å². The molecule has 0 aromatic carbocycles. The first-order valence-corrected chi connectivity index (χ1v) is 7.21. The minimum atomic E-state index is 0.777. The van der Waals surface area contributed by atoms with Crippen LogP contribution in [0.1, 0.15) is 51.9 Å². The molecule has 0 aromatic rings. The Kier molecular flexibility index (Phi) is 5.11. The second kappa shape index (κ2) is 6.61. The van der Waals surface area contributed by atoms with Gasteiger partial charge in [0.1, 0.15) is 0 Å². The summed E-state index contributed by atoms with van der Waals surface area (Å²) >= 11 is 0. The molecule has 2 aliphatic rings. The van der Waals surface area contributed by atoms with Crippen molar-refractivity contribution in [1.82, 2.24) is 5.32 Å². The lowest BCUT2D eigenvalue weighted by atomic mass is 9.82. The van der Waals surface area contributed by atoms with Gasteiger partial charge in [-0.2, -0.15) is 0 Å². The maximum absolute atomic E-state index is 5.65. The molecule has 94 valence electrons. The van der Waals surface area contributed by atoms with E-state index in [9.17, 15) is 0 Å². The average Bonchev–Trinajstić information content (AvgIpc) is 2.56. The minimum Gasteiger partial charge on any atom is -0.381 e. The van der Waals surface area contributed by atoms with Crippen LogP contribution in [0.3, 0.4) is 0 Å². The summed E-state index contributed by atoms with van der Waals surface area (Å²) in [6.07, 6.45) is 9.76. The zero-order chi connectivity index (χ0) is 11.2. The molecule has 1 aliphatic heterocycles. The van der Waals surface area contributed by atoms with E-state index >= 15 is 0 Å². The molecule has 2 heteroatoms. The Morgan fingerprint density at radius 2 is 1.88 bits per heavy atom. The van der Waals surface area contributed by atoms with Crippen molar-refractivity contribution in [3.05, 3.63) is 0 Å². The van der Waals surface area contributed by atoms with Crippen molar-refractivity contribution in [3.63, 3.8) is 0 Å². The summed E-state index contributed by atoms with van der Waals surface area (Å²) in [5.41, 5.74) is 0. The van der Waals surface area contributed by atoms with Gasteiger partial charge in [0.2, 0.25) is 0 Å². The lowest BCUT2D eigenvalue weighted by molar-refractivity contribution is 0.0258. The molecular weight excluding hydrogens is 198 g/mol. The van der Waals surface area contributed by atoms with Crippen molar-refractivity contribution in [3.8, 4) is 0 Å². The molecule has 1 heterocycles. The van der Waals surface area contributed by atoms with Gasteiger partial charge in [0.05, 0.1) is 0 Å². The molecule has 1 saturated carbocycles. The van der Waals surface area contributed by atoms with Crippen LogP contribution in [0.5, 0.6) is 0 Å². The normalized spacial score (nSPS) is 36.9. The fourth-order valence-corrected chi connectivity index (χ4v) is 3.44. The van der Waals surface area contributed by atoms with Crippen molar-refractivity contribution < 1.29 is 4.74 Å². The molecule has 0 radical (unpaired) electrons. The molecule has 3 atom stereocenters. The van der Waals surface area contributed by atoms with E-state index in [0.29, 0.717) is 0 Å². The standard InChI is InChI=1S/C14H27NO/c1-2-15-14-8-4-3-6-12(10-14)13-7-5-9-16-11-13/h12-15H,2-11H2,1H3. The van der Waals surface area contributed by atoms with Crippen LogP contribution in [0.2, 0.25) is 0 Å². The Morgan fingerprint density at radius 1 is 1.06 bits per heavy atom. The Morgan fingerprint density at radius 3 is 2.62 bits per heavy atom. The van der Waals surface area contributed by atoms with E-state index in [1.54, 1.807) is 0 Å². The topological polar surface area (TPSA) is 21.3 Å². The lowest BCUT2D eigenvalue weighted by Crippen LogP contribution is -2.33. The molecule has 0 aromatic heterocycles. The van der Waals surface area contributed by atoms with Gasteiger partial charge in [-0.1, -0.05) is 26.2 Å². The van der Waals surface area contributed by atoms with Gasteiger partial charge in [0.15, 0.2) is 0 Å². The van der Waals surface area contributed by atoms with Crippen LogP contribution in [0, 0.1) is 11.8 Å². The third-order valence-corrected chi connectivity index (χ3v) is 4.32. The predicted octanol–water partition coefficient (Wildman–Crippen LogP) is 2.97. The van der Waals surface area contributed by atoms with Crippen molar-refractivity contribution in [1.29, 1.82) is 0 Å². The molecule has 2 nitrogen and oxygen atoms in total. The zero-order valence-electron chi connectivity index (χ0n) is 10.7. The number of rotatable bonds is 3. The van der Waals surface area contributed by atoms with Crippen LogP contribution in [-0.2, 0) is 4.74 Å². The van der Waals surface area contributed by atoms with Gasteiger partial charge < -0.3 is 10.1 Å². The fourth-order valence-electron chi connectivity index (χ4n) is 3.44. The molecule has 3 unspecified atom stereocenters. The molecular formula is C14H27NO. The molecule has 2 rings (SSSR count). The minimum absolute atomic E-state index is 0.777. The van der Waals surface area contributed by atoms with Crippen LogP contribution < -0.4 is 5.32 Å². The quantitative estimate of drug-likeness (QED) is 0.746. The van der Waals surface area contributed by atoms with Crippen LogP contribution in [0.15, 0.2) is 0 Å². The van der Waals surface area contributed by atoms with E-state index in [2.05, 4.69) is 12.2 Å². The first-order chi connectivity index (χ1) is 7.90. The molecule has 2 fully saturated rings. The average molecular weight is 225 g/mol. The van der Waals surface area contributed by atoms with Gasteiger partial charge in [-0.3, -0.25) is 0 Å². The van der Waals surface area contributed by atoms with E-state index in [1.165, 1.54) is 44.9 Å². The van der Waals surface area contributed by atoms with E-state index < -0.39 is 0 Å². The summed E-state index contributed by atoms with van der Waals surface area (Å²) in [4.78, 5) is 0. The summed E-state index contributed by atoms with van der Waals surface area (Å²) in [7, 11) is 0. The van der Waals surface area contributed by atoms with Crippen molar-refractivity contribution in [2.24, 2.45) is 11.8 Å². The summed E-state index contributed by atoms with van der Waals surface area (Å²) in [6.45, 7) is 5.38. The monoisotopic (exact) mass is 225 g/mol. The highest BCUT2D eigenvalue weighted by molar-refractivity contribution is 4.81. The molecule has 0 amide bonds. The molecule has 1 saturated heterocycles. The van der Waals surface area contributed by atoms with Gasteiger partial charge in [0.25, 0.3) is 0 Å². The highest BCUT2D eigenvalue weighted by atomic mass is 16.5. The summed E-state index contributed by atoms with van der Waals surface area (Å²) in [6, 6.07) is 0.777. The molecule has 1 N–H and O–H groups in total. The van der Waals surface area contributed by atoms with Crippen molar-refractivity contribution >= 4 is 0 Å². The predicted molar refractivity (Wildman–Crippen MR) is 67.6 cm³/mol. The fraction of sp³-hybridized carbons (Fsp3) is 1.00.